The van der Waals surface area contributed by atoms with Gasteiger partial charge in [0.15, 0.2) is 0 Å². The molecule has 0 aliphatic rings. The van der Waals surface area contributed by atoms with Gasteiger partial charge in [0.2, 0.25) is 0 Å². The van der Waals surface area contributed by atoms with Gasteiger partial charge in [-0.15, -0.1) is 0 Å². The zero-order valence-corrected chi connectivity index (χ0v) is 21.6. The van der Waals surface area contributed by atoms with Gasteiger partial charge in [0.1, 0.15) is 6.10 Å². The van der Waals surface area contributed by atoms with Crippen molar-refractivity contribution >= 4 is 5.97 Å². The van der Waals surface area contributed by atoms with Crippen molar-refractivity contribution in [1.82, 2.24) is 5.32 Å². The van der Waals surface area contributed by atoms with Crippen LogP contribution >= 0.6 is 0 Å². The number of hydrogen-bond donors (Lipinski definition) is 1. The number of nitrogens with one attached hydrogen (secondary N) is 1. The highest BCUT2D eigenvalue weighted by Crippen LogP contribution is 2.23. The summed E-state index contributed by atoms with van der Waals surface area (Å²) in [6.07, 6.45) is 18.6. The van der Waals surface area contributed by atoms with Crippen LogP contribution in [0.3, 0.4) is 0 Å². The van der Waals surface area contributed by atoms with E-state index in [9.17, 15) is 4.79 Å². The summed E-state index contributed by atoms with van der Waals surface area (Å²) >= 11 is 0. The molecule has 1 rings (SSSR count). The number of unbranched alkanes of at least 4 members (excludes halogenated alkanes) is 10. The minimum absolute atomic E-state index is 0.111. The summed E-state index contributed by atoms with van der Waals surface area (Å²) in [6, 6.07) is 9.84. The van der Waals surface area contributed by atoms with Crippen molar-refractivity contribution in [2.75, 3.05) is 6.54 Å². The third-order valence-electron chi connectivity index (χ3n) is 6.50. The molecule has 1 aromatic rings. The molecule has 0 bridgehead atoms. The van der Waals surface area contributed by atoms with Crippen molar-refractivity contribution < 1.29 is 9.53 Å². The number of carbonyl (C=O) groups is 1. The highest BCUT2D eigenvalue weighted by molar-refractivity contribution is 5.72. The Hall–Kier alpha value is -1.35. The number of carbonyl (C=O) groups excluding carboxylic acids is 1. The third-order valence-corrected chi connectivity index (χ3v) is 6.50. The van der Waals surface area contributed by atoms with Gasteiger partial charge in [0.25, 0.3) is 0 Å². The molecule has 1 N–H and O–H groups in total. The lowest BCUT2D eigenvalue weighted by Crippen LogP contribution is -2.46. The fraction of sp³-hybridized carbons (Fsp3) is 0.759. The smallest absolute Gasteiger partial charge is 0.310 e. The summed E-state index contributed by atoms with van der Waals surface area (Å²) in [7, 11) is 0. The average Bonchev–Trinajstić information content (AvgIpc) is 2.78. The second kappa shape index (κ2) is 18.1. The third kappa shape index (κ3) is 14.7. The fourth-order valence-corrected chi connectivity index (χ4v) is 4.35. The second-order valence-electron chi connectivity index (χ2n) is 9.94. The molecular weight excluding hydrogens is 394 g/mol. The maximum atomic E-state index is 12.3. The molecular formula is C29H51NO2. The Balaban J connectivity index is 2.42. The van der Waals surface area contributed by atoms with Crippen molar-refractivity contribution in [1.29, 1.82) is 0 Å². The van der Waals surface area contributed by atoms with Gasteiger partial charge < -0.3 is 10.1 Å². The first-order chi connectivity index (χ1) is 15.5. The second-order valence-corrected chi connectivity index (χ2v) is 9.94. The first-order valence-electron chi connectivity index (χ1n) is 13.5. The Morgan fingerprint density at radius 3 is 1.88 bits per heavy atom. The zero-order valence-electron chi connectivity index (χ0n) is 21.6. The molecule has 1 atom stereocenters. The SMILES string of the molecule is CCCCCCCCC(C)(CCCCCCCC)NCC(C)OC(=O)Cc1ccccc1. The van der Waals surface area contributed by atoms with E-state index in [1.165, 1.54) is 89.9 Å². The van der Waals surface area contributed by atoms with Crippen LogP contribution in [-0.4, -0.2) is 24.2 Å². The predicted molar refractivity (Wildman–Crippen MR) is 138 cm³/mol. The molecule has 0 fully saturated rings. The number of ether oxygens (including phenoxy) is 1. The molecule has 3 nitrogen and oxygen atoms in total. The van der Waals surface area contributed by atoms with Crippen LogP contribution in [0.5, 0.6) is 0 Å². The van der Waals surface area contributed by atoms with Crippen LogP contribution in [-0.2, 0) is 16.0 Å². The molecule has 1 aromatic carbocycles. The molecule has 3 heteroatoms. The molecule has 0 saturated heterocycles. The first-order valence-corrected chi connectivity index (χ1v) is 13.5. The van der Waals surface area contributed by atoms with Crippen LogP contribution in [0.4, 0.5) is 0 Å². The Labute approximate surface area is 199 Å². The number of hydrogen-bond acceptors (Lipinski definition) is 3. The highest BCUT2D eigenvalue weighted by atomic mass is 16.5. The predicted octanol–water partition coefficient (Wildman–Crippen LogP) is 8.01. The molecule has 0 aromatic heterocycles. The van der Waals surface area contributed by atoms with Crippen molar-refractivity contribution in [2.45, 2.75) is 136 Å². The molecule has 0 saturated carbocycles. The van der Waals surface area contributed by atoms with Crippen LogP contribution in [0.1, 0.15) is 123 Å². The number of rotatable bonds is 20. The minimum Gasteiger partial charge on any atom is -0.461 e. The van der Waals surface area contributed by atoms with Crippen molar-refractivity contribution in [3.05, 3.63) is 35.9 Å². The molecule has 1 unspecified atom stereocenters. The quantitative estimate of drug-likeness (QED) is 0.163. The molecule has 32 heavy (non-hydrogen) atoms. The van der Waals surface area contributed by atoms with E-state index in [0.29, 0.717) is 6.42 Å². The van der Waals surface area contributed by atoms with E-state index in [4.69, 9.17) is 4.74 Å². The van der Waals surface area contributed by atoms with Gasteiger partial charge in [-0.2, -0.15) is 0 Å². The molecule has 0 heterocycles. The van der Waals surface area contributed by atoms with Gasteiger partial charge in [0.05, 0.1) is 6.42 Å². The summed E-state index contributed by atoms with van der Waals surface area (Å²) < 4.78 is 5.69. The van der Waals surface area contributed by atoms with Gasteiger partial charge in [0, 0.05) is 12.1 Å². The zero-order chi connectivity index (χ0) is 23.5. The molecule has 184 valence electrons. The van der Waals surface area contributed by atoms with Gasteiger partial charge in [-0.25, -0.2) is 0 Å². The minimum atomic E-state index is -0.140. The standard InChI is InChI=1S/C29H51NO2/c1-5-7-9-11-13-18-22-29(4,23-19-14-12-10-8-6-2)30-25-26(3)32-28(31)24-27-20-16-15-17-21-27/h15-17,20-21,26,30H,5-14,18-19,22-25H2,1-4H3. The van der Waals surface area contributed by atoms with Crippen LogP contribution in [0.25, 0.3) is 0 Å². The van der Waals surface area contributed by atoms with Gasteiger partial charge in [-0.05, 0) is 32.3 Å². The van der Waals surface area contributed by atoms with Gasteiger partial charge in [-0.1, -0.05) is 121 Å². The van der Waals surface area contributed by atoms with Gasteiger partial charge in [-0.3, -0.25) is 4.79 Å². The fourth-order valence-electron chi connectivity index (χ4n) is 4.35. The Morgan fingerprint density at radius 1 is 0.844 bits per heavy atom. The van der Waals surface area contributed by atoms with Crippen LogP contribution in [0.2, 0.25) is 0 Å². The maximum absolute atomic E-state index is 12.3. The highest BCUT2D eigenvalue weighted by Gasteiger charge is 2.24. The lowest BCUT2D eigenvalue weighted by molar-refractivity contribution is -0.147. The lowest BCUT2D eigenvalue weighted by atomic mass is 9.87. The number of esters is 1. The number of benzene rings is 1. The molecule has 0 spiro atoms. The van der Waals surface area contributed by atoms with Gasteiger partial charge >= 0.3 is 5.97 Å². The molecule has 0 aliphatic heterocycles. The summed E-state index contributed by atoms with van der Waals surface area (Å²) in [4.78, 5) is 12.3. The normalized spacial score (nSPS) is 12.6. The van der Waals surface area contributed by atoms with E-state index in [2.05, 4.69) is 26.1 Å². The van der Waals surface area contributed by atoms with E-state index in [0.717, 1.165) is 12.1 Å². The summed E-state index contributed by atoms with van der Waals surface area (Å²) in [5.41, 5.74) is 1.14. The van der Waals surface area contributed by atoms with Crippen molar-refractivity contribution in [2.24, 2.45) is 0 Å². The Morgan fingerprint density at radius 2 is 1.34 bits per heavy atom. The maximum Gasteiger partial charge on any atom is 0.310 e. The molecule has 0 amide bonds. The summed E-state index contributed by atoms with van der Waals surface area (Å²) in [5, 5.41) is 3.79. The lowest BCUT2D eigenvalue weighted by Gasteiger charge is -2.33. The van der Waals surface area contributed by atoms with E-state index in [-0.39, 0.29) is 17.6 Å². The summed E-state index contributed by atoms with van der Waals surface area (Å²) in [5.74, 6) is -0.140. The van der Waals surface area contributed by atoms with E-state index < -0.39 is 0 Å². The van der Waals surface area contributed by atoms with E-state index in [1.807, 2.05) is 37.3 Å². The van der Waals surface area contributed by atoms with Crippen LogP contribution in [0.15, 0.2) is 30.3 Å². The van der Waals surface area contributed by atoms with Crippen LogP contribution < -0.4 is 5.32 Å². The Bertz CT molecular complexity index is 556. The van der Waals surface area contributed by atoms with E-state index in [1.54, 1.807) is 0 Å². The van der Waals surface area contributed by atoms with E-state index >= 15 is 0 Å². The average molecular weight is 446 g/mol. The molecule has 0 radical (unpaired) electrons. The molecule has 0 aliphatic carbocycles. The largest absolute Gasteiger partial charge is 0.461 e. The topological polar surface area (TPSA) is 38.3 Å². The first kappa shape index (κ1) is 28.7. The Kier molecular flexibility index (Phi) is 16.2. The summed E-state index contributed by atoms with van der Waals surface area (Å²) in [6.45, 7) is 9.66. The van der Waals surface area contributed by atoms with Crippen LogP contribution in [0, 0.1) is 0 Å². The van der Waals surface area contributed by atoms with Crippen molar-refractivity contribution in [3.8, 4) is 0 Å². The van der Waals surface area contributed by atoms with Crippen molar-refractivity contribution in [3.63, 3.8) is 0 Å². The monoisotopic (exact) mass is 445 g/mol.